The van der Waals surface area contributed by atoms with Gasteiger partial charge in [-0.1, -0.05) is 63.6 Å². The average molecular weight is 459 g/mol. The molecule has 2 aliphatic heterocycles. The number of aryl methyl sites for hydroxylation is 1. The van der Waals surface area contributed by atoms with Gasteiger partial charge in [0.2, 0.25) is 5.60 Å². The van der Waals surface area contributed by atoms with Gasteiger partial charge < -0.3 is 9.47 Å². The zero-order valence-corrected chi connectivity index (χ0v) is 19.9. The smallest absolute Gasteiger partial charge is 0.354 e. The molecule has 0 radical (unpaired) electrons. The van der Waals surface area contributed by atoms with Crippen LogP contribution in [0.4, 0.5) is 0 Å². The standard InChI is InChI=1S/C27H23ClN2O3/c1-13(2)16-6-7-17-10-26(12-30)20(11-29)23(14(3)4)32-24-22(28)25(31)33-27(24,26)19-8-15(5)18(9-16)21(17)19/h6-9,13-14H,10H2,1-5H3/t26-,27+/m0/s1. The number of hydrogen-bond donors (Lipinski definition) is 0. The van der Waals surface area contributed by atoms with Gasteiger partial charge in [-0.2, -0.15) is 10.5 Å². The molecule has 5 aliphatic rings. The largest absolute Gasteiger partial charge is 0.458 e. The fourth-order valence-corrected chi connectivity index (χ4v) is 5.79. The van der Waals surface area contributed by atoms with Crippen molar-refractivity contribution in [3.05, 3.63) is 68.6 Å². The van der Waals surface area contributed by atoms with Gasteiger partial charge in [-0.05, 0) is 40.7 Å². The van der Waals surface area contributed by atoms with Gasteiger partial charge in [0.05, 0.1) is 11.6 Å². The highest BCUT2D eigenvalue weighted by Crippen LogP contribution is 2.67. The molecular formula is C27H23ClN2O3. The molecule has 0 N–H and O–H groups in total. The SMILES string of the molecule is Cc1cc2c3c(ccc(C(C)C)cc1-3)C[C@]1(C#N)C(C#N)=C(C(C)C)OC3=C(Cl)C(=O)O[C@@]321. The van der Waals surface area contributed by atoms with E-state index in [9.17, 15) is 15.3 Å². The zero-order chi connectivity index (χ0) is 23.9. The Morgan fingerprint density at radius 3 is 2.45 bits per heavy atom. The van der Waals surface area contributed by atoms with E-state index in [0.29, 0.717) is 17.2 Å². The Morgan fingerprint density at radius 2 is 1.85 bits per heavy atom. The van der Waals surface area contributed by atoms with Gasteiger partial charge >= 0.3 is 5.97 Å². The van der Waals surface area contributed by atoms with E-state index in [-0.39, 0.29) is 28.7 Å². The quantitative estimate of drug-likeness (QED) is 0.519. The first kappa shape index (κ1) is 21.6. The van der Waals surface area contributed by atoms with Gasteiger partial charge in [0, 0.05) is 17.9 Å². The Morgan fingerprint density at radius 1 is 1.12 bits per heavy atom. The van der Waals surface area contributed by atoms with Crippen molar-refractivity contribution in [2.75, 3.05) is 0 Å². The normalized spacial score (nSPS) is 25.6. The van der Waals surface area contributed by atoms with Gasteiger partial charge in [-0.15, -0.1) is 0 Å². The van der Waals surface area contributed by atoms with E-state index in [1.54, 1.807) is 0 Å². The Bertz CT molecular complexity index is 1370. The van der Waals surface area contributed by atoms with Gasteiger partial charge in [0.25, 0.3) is 0 Å². The summed E-state index contributed by atoms with van der Waals surface area (Å²) in [5.74, 6) is -0.166. The van der Waals surface area contributed by atoms with Crippen molar-refractivity contribution < 1.29 is 14.3 Å². The molecule has 0 aromatic rings. The van der Waals surface area contributed by atoms with Crippen molar-refractivity contribution in [2.45, 2.75) is 52.6 Å². The lowest BCUT2D eigenvalue weighted by Gasteiger charge is -2.49. The van der Waals surface area contributed by atoms with Crippen LogP contribution in [0.5, 0.6) is 0 Å². The van der Waals surface area contributed by atoms with Crippen LogP contribution in [0.2, 0.25) is 0 Å². The lowest BCUT2D eigenvalue weighted by Crippen LogP contribution is -2.54. The van der Waals surface area contributed by atoms with Crippen LogP contribution in [-0.2, 0) is 26.3 Å². The minimum absolute atomic E-state index is 0.117. The number of nitrogens with zero attached hydrogens (tertiary/aromatic N) is 2. The summed E-state index contributed by atoms with van der Waals surface area (Å²) in [5.41, 5.74) is 2.79. The molecule has 0 amide bonds. The molecule has 0 aromatic carbocycles. The number of carbonyl (C=O) groups is 1. The Kier molecular flexibility index (Phi) is 4.48. The Balaban J connectivity index is 1.97. The van der Waals surface area contributed by atoms with Crippen molar-refractivity contribution in [3.63, 3.8) is 0 Å². The van der Waals surface area contributed by atoms with E-state index in [1.807, 2.05) is 32.9 Å². The first-order valence-corrected chi connectivity index (χ1v) is 11.4. The predicted octanol–water partition coefficient (Wildman–Crippen LogP) is 5.96. The Labute approximate surface area is 198 Å². The van der Waals surface area contributed by atoms with Crippen LogP contribution in [0.3, 0.4) is 0 Å². The third kappa shape index (κ3) is 2.44. The molecule has 0 unspecified atom stereocenters. The second-order valence-corrected chi connectivity index (χ2v) is 10.1. The summed E-state index contributed by atoms with van der Waals surface area (Å²) < 4.78 is 12.2. The van der Waals surface area contributed by atoms with Gasteiger partial charge in [-0.25, -0.2) is 4.79 Å². The highest BCUT2D eigenvalue weighted by Gasteiger charge is 2.72. The lowest BCUT2D eigenvalue weighted by atomic mass is 9.56. The predicted molar refractivity (Wildman–Crippen MR) is 123 cm³/mol. The van der Waals surface area contributed by atoms with Gasteiger partial charge in [0.1, 0.15) is 11.8 Å². The van der Waals surface area contributed by atoms with Crippen LogP contribution in [0.15, 0.2) is 46.4 Å². The van der Waals surface area contributed by atoms with Crippen LogP contribution in [0.25, 0.3) is 11.1 Å². The van der Waals surface area contributed by atoms with Crippen molar-refractivity contribution in [1.29, 1.82) is 10.5 Å². The maximum atomic E-state index is 12.9. The summed E-state index contributed by atoms with van der Waals surface area (Å²) in [4.78, 5) is 12.9. The Hall–Kier alpha value is -3.28. The molecule has 0 saturated heterocycles. The number of esters is 1. The molecule has 33 heavy (non-hydrogen) atoms. The number of allylic oxidation sites excluding steroid dienone is 1. The molecule has 1 spiro atoms. The monoisotopic (exact) mass is 458 g/mol. The average Bonchev–Trinajstić information content (AvgIpc) is 3.14. The number of nitriles is 2. The first-order valence-electron chi connectivity index (χ1n) is 11.1. The van der Waals surface area contributed by atoms with Crippen LogP contribution >= 0.6 is 11.6 Å². The van der Waals surface area contributed by atoms with Crippen molar-refractivity contribution in [3.8, 4) is 23.3 Å². The topological polar surface area (TPSA) is 83.1 Å². The molecule has 5 nitrogen and oxygen atoms in total. The fraction of sp³-hybridized carbons (Fsp3) is 0.370. The maximum absolute atomic E-state index is 12.9. The van der Waals surface area contributed by atoms with Gasteiger partial charge in [0.15, 0.2) is 16.2 Å². The van der Waals surface area contributed by atoms with E-state index in [4.69, 9.17) is 21.1 Å². The van der Waals surface area contributed by atoms with Crippen LogP contribution in [0, 0.1) is 40.9 Å². The summed E-state index contributed by atoms with van der Waals surface area (Å²) >= 11 is 6.46. The van der Waals surface area contributed by atoms with Crippen LogP contribution in [0.1, 0.15) is 55.9 Å². The molecule has 6 heteroatoms. The number of carbonyl (C=O) groups excluding carboxylic acids is 1. The molecule has 0 saturated carbocycles. The van der Waals surface area contributed by atoms with E-state index >= 15 is 0 Å². The first-order chi connectivity index (χ1) is 15.6. The molecule has 0 aromatic heterocycles. The molecule has 2 heterocycles. The second-order valence-electron chi connectivity index (χ2n) is 9.70. The number of halogens is 1. The van der Waals surface area contributed by atoms with E-state index in [2.05, 4.69) is 38.1 Å². The molecule has 166 valence electrons. The minimum atomic E-state index is -1.61. The molecule has 0 bridgehead atoms. The lowest BCUT2D eigenvalue weighted by molar-refractivity contribution is -0.160. The van der Waals surface area contributed by atoms with E-state index in [0.717, 1.165) is 27.8 Å². The maximum Gasteiger partial charge on any atom is 0.354 e. The van der Waals surface area contributed by atoms with E-state index < -0.39 is 17.0 Å². The van der Waals surface area contributed by atoms with Crippen molar-refractivity contribution >= 4 is 17.6 Å². The summed E-state index contributed by atoms with van der Waals surface area (Å²) in [6.07, 6.45) is 0.200. The number of ether oxygens (including phenoxy) is 2. The fourth-order valence-electron chi connectivity index (χ4n) is 5.58. The summed E-state index contributed by atoms with van der Waals surface area (Å²) in [6, 6.07) is 12.9. The second kappa shape index (κ2) is 6.86. The van der Waals surface area contributed by atoms with Crippen LogP contribution in [-0.4, -0.2) is 5.97 Å². The molecule has 5 rings (SSSR count). The number of hydrogen-bond acceptors (Lipinski definition) is 5. The summed E-state index contributed by atoms with van der Waals surface area (Å²) in [6.45, 7) is 10.0. The molecule has 0 fully saturated rings. The zero-order valence-electron chi connectivity index (χ0n) is 19.2. The summed E-state index contributed by atoms with van der Waals surface area (Å²) in [5, 5.41) is 20.8. The highest BCUT2D eigenvalue weighted by molar-refractivity contribution is 6.42. The number of rotatable bonds is 2. The highest BCUT2D eigenvalue weighted by atomic mass is 35.5. The van der Waals surface area contributed by atoms with Crippen molar-refractivity contribution in [2.24, 2.45) is 11.3 Å². The molecule has 3 aliphatic carbocycles. The minimum Gasteiger partial charge on any atom is -0.458 e. The molecular weight excluding hydrogens is 436 g/mol. The third-order valence-electron chi connectivity index (χ3n) is 7.19. The van der Waals surface area contributed by atoms with Crippen LogP contribution < -0.4 is 0 Å². The van der Waals surface area contributed by atoms with Crippen molar-refractivity contribution in [1.82, 2.24) is 0 Å². The summed E-state index contributed by atoms with van der Waals surface area (Å²) in [7, 11) is 0. The van der Waals surface area contributed by atoms with Gasteiger partial charge in [-0.3, -0.25) is 0 Å². The van der Waals surface area contributed by atoms with E-state index in [1.165, 1.54) is 0 Å². The molecule has 2 atom stereocenters. The third-order valence-corrected chi connectivity index (χ3v) is 7.52.